The number of amides is 3. The summed E-state index contributed by atoms with van der Waals surface area (Å²) in [5.41, 5.74) is 0. The summed E-state index contributed by atoms with van der Waals surface area (Å²) in [6, 6.07) is 0.647. The molecule has 1 aliphatic rings. The average molecular weight is 399 g/mol. The molecular weight excluding hydrogens is 372 g/mol. The summed E-state index contributed by atoms with van der Waals surface area (Å²) < 4.78 is 27.1. The first kappa shape index (κ1) is 21.4. The van der Waals surface area contributed by atoms with Gasteiger partial charge in [0.2, 0.25) is 9.05 Å². The smallest absolute Gasteiger partial charge is 0.329 e. The quantitative estimate of drug-likeness (QED) is 0.231. The minimum Gasteiger partial charge on any atom is -0.361 e. The highest BCUT2D eigenvalue weighted by atomic mass is 35.7. The number of unbranched alkanes of at least 4 members (excludes halogenated alkanes) is 2. The largest absolute Gasteiger partial charge is 0.361 e. The van der Waals surface area contributed by atoms with E-state index in [1.807, 2.05) is 0 Å². The third kappa shape index (κ3) is 8.45. The summed E-state index contributed by atoms with van der Waals surface area (Å²) in [6.07, 6.45) is 1.72. The van der Waals surface area contributed by atoms with Gasteiger partial charge in [-0.3, -0.25) is 4.79 Å². The number of hydrogen-bond acceptors (Lipinski definition) is 5. The number of carbonyl (C=O) groups excluding carboxylic acids is 2. The van der Waals surface area contributed by atoms with E-state index in [-0.39, 0.29) is 31.0 Å². The molecule has 10 heteroatoms. The summed E-state index contributed by atoms with van der Waals surface area (Å²) in [5.74, 6) is -0.324. The van der Waals surface area contributed by atoms with Crippen LogP contribution < -0.4 is 0 Å². The molecule has 7 nitrogen and oxygen atoms in total. The molecular formula is C14H27ClN2O5SSi. The van der Waals surface area contributed by atoms with E-state index in [0.717, 1.165) is 10.9 Å². The maximum absolute atomic E-state index is 12.2. The summed E-state index contributed by atoms with van der Waals surface area (Å²) in [6.45, 7) is 7.75. The number of hydrogen-bond donors (Lipinski definition) is 0. The van der Waals surface area contributed by atoms with Gasteiger partial charge in [-0.15, -0.1) is 0 Å². The van der Waals surface area contributed by atoms with Crippen LogP contribution in [0.3, 0.4) is 0 Å². The zero-order valence-electron chi connectivity index (χ0n) is 14.6. The number of carbonyl (C=O) groups is 2. The van der Waals surface area contributed by atoms with E-state index in [9.17, 15) is 18.0 Å². The minimum atomic E-state index is -3.46. The van der Waals surface area contributed by atoms with Gasteiger partial charge in [0.15, 0.2) is 0 Å². The van der Waals surface area contributed by atoms with Crippen LogP contribution in [0.25, 0.3) is 0 Å². The van der Waals surface area contributed by atoms with Crippen molar-refractivity contribution in [3.05, 3.63) is 0 Å². The first-order valence-corrected chi connectivity index (χ1v) is 14.3. The van der Waals surface area contributed by atoms with Gasteiger partial charge in [-0.25, -0.2) is 18.1 Å². The van der Waals surface area contributed by atoms with E-state index in [4.69, 9.17) is 15.4 Å². The Labute approximate surface area is 149 Å². The molecule has 0 bridgehead atoms. The van der Waals surface area contributed by atoms with Gasteiger partial charge in [0.25, 0.3) is 5.91 Å². The fourth-order valence-electron chi connectivity index (χ4n) is 2.18. The zero-order chi connectivity index (χ0) is 18.4. The van der Waals surface area contributed by atoms with Crippen molar-refractivity contribution in [3.63, 3.8) is 0 Å². The van der Waals surface area contributed by atoms with Crippen LogP contribution in [0.4, 0.5) is 4.79 Å². The molecule has 0 aromatic heterocycles. The molecule has 0 radical (unpaired) electrons. The molecule has 1 aliphatic heterocycles. The second-order valence-corrected chi connectivity index (χ2v) is 15.7. The van der Waals surface area contributed by atoms with E-state index in [1.54, 1.807) is 0 Å². The predicted molar refractivity (Wildman–Crippen MR) is 96.3 cm³/mol. The second-order valence-electron chi connectivity index (χ2n) is 7.18. The lowest BCUT2D eigenvalue weighted by atomic mass is 10.2. The number of imide groups is 1. The fourth-order valence-corrected chi connectivity index (χ4v) is 3.82. The highest BCUT2D eigenvalue weighted by molar-refractivity contribution is 8.13. The highest BCUT2D eigenvalue weighted by Crippen LogP contribution is 2.13. The number of ether oxygens (including phenoxy) is 1. The minimum absolute atomic E-state index is 0.00311. The molecule has 0 N–H and O–H groups in total. The van der Waals surface area contributed by atoms with E-state index in [1.165, 1.54) is 4.90 Å². The van der Waals surface area contributed by atoms with E-state index in [2.05, 4.69) is 19.6 Å². The molecule has 1 fully saturated rings. The van der Waals surface area contributed by atoms with Crippen molar-refractivity contribution in [2.45, 2.75) is 44.9 Å². The lowest BCUT2D eigenvalue weighted by Crippen LogP contribution is -2.35. The molecule has 0 aromatic carbocycles. The molecule has 0 atom stereocenters. The van der Waals surface area contributed by atoms with Gasteiger partial charge in [0.1, 0.15) is 13.3 Å². The lowest BCUT2D eigenvalue weighted by molar-refractivity contribution is -0.128. The Bertz CT molecular complexity index is 550. The summed E-state index contributed by atoms with van der Waals surface area (Å²) in [4.78, 5) is 26.7. The van der Waals surface area contributed by atoms with E-state index in [0.29, 0.717) is 32.4 Å². The lowest BCUT2D eigenvalue weighted by Gasteiger charge is -2.19. The van der Waals surface area contributed by atoms with Gasteiger partial charge in [-0.1, -0.05) is 26.1 Å². The summed E-state index contributed by atoms with van der Waals surface area (Å²) in [5, 5.41) is 0. The van der Waals surface area contributed by atoms with Crippen LogP contribution in [0.5, 0.6) is 0 Å². The van der Waals surface area contributed by atoms with Crippen molar-refractivity contribution >= 4 is 39.7 Å². The van der Waals surface area contributed by atoms with Crippen LogP contribution in [0.2, 0.25) is 25.7 Å². The molecule has 0 aromatic rings. The Morgan fingerprint density at radius 3 is 2.42 bits per heavy atom. The van der Waals surface area contributed by atoms with Gasteiger partial charge in [0.05, 0.1) is 5.75 Å². The molecule has 0 saturated carbocycles. The third-order valence-corrected chi connectivity index (χ3v) is 6.60. The van der Waals surface area contributed by atoms with Crippen LogP contribution in [0.1, 0.15) is 19.3 Å². The number of urea groups is 1. The summed E-state index contributed by atoms with van der Waals surface area (Å²) in [7, 11) is 0.478. The van der Waals surface area contributed by atoms with Crippen molar-refractivity contribution in [1.29, 1.82) is 0 Å². The average Bonchev–Trinajstić information content (AvgIpc) is 2.67. The molecule has 3 amide bonds. The number of rotatable bonds is 11. The SMILES string of the molecule is C[Si](C)(C)CCOCN1C(=O)CN(CCCCCS(=O)(=O)Cl)C1=O. The maximum Gasteiger partial charge on any atom is 0.329 e. The summed E-state index contributed by atoms with van der Waals surface area (Å²) >= 11 is 0. The number of halogens is 1. The third-order valence-electron chi connectivity index (χ3n) is 3.66. The Balaban J connectivity index is 2.28. The normalized spacial score (nSPS) is 16.3. The Hall–Kier alpha value is -0.643. The van der Waals surface area contributed by atoms with Crippen LogP contribution in [0.15, 0.2) is 0 Å². The first-order valence-electron chi connectivity index (χ1n) is 8.09. The van der Waals surface area contributed by atoms with Crippen LogP contribution in [-0.4, -0.2) is 70.4 Å². The van der Waals surface area contributed by atoms with Gasteiger partial charge in [0, 0.05) is 31.9 Å². The topological polar surface area (TPSA) is 84.0 Å². The Morgan fingerprint density at radius 2 is 1.83 bits per heavy atom. The van der Waals surface area contributed by atoms with E-state index < -0.39 is 17.1 Å². The molecule has 1 heterocycles. The van der Waals surface area contributed by atoms with Crippen LogP contribution >= 0.6 is 10.7 Å². The van der Waals surface area contributed by atoms with Gasteiger partial charge in [-0.05, 0) is 18.9 Å². The zero-order valence-corrected chi connectivity index (χ0v) is 17.2. The van der Waals surface area contributed by atoms with Crippen molar-refractivity contribution < 1.29 is 22.7 Å². The molecule has 0 spiro atoms. The van der Waals surface area contributed by atoms with Gasteiger partial charge in [-0.2, -0.15) is 0 Å². The van der Waals surface area contributed by atoms with Crippen LogP contribution in [0, 0.1) is 0 Å². The molecule has 24 heavy (non-hydrogen) atoms. The molecule has 1 saturated heterocycles. The van der Waals surface area contributed by atoms with Gasteiger partial charge >= 0.3 is 6.03 Å². The second kappa shape index (κ2) is 9.16. The van der Waals surface area contributed by atoms with Crippen molar-refractivity contribution in [2.75, 3.05) is 32.2 Å². The van der Waals surface area contributed by atoms with E-state index >= 15 is 0 Å². The monoisotopic (exact) mass is 398 g/mol. The standard InChI is InChI=1S/C14H27ClN2O5SSi/c1-24(2,3)10-8-22-12-17-13(18)11-16(14(17)19)7-5-4-6-9-23(15,20)21/h4-12H2,1-3H3. The molecule has 0 aliphatic carbocycles. The molecule has 1 rings (SSSR count). The Morgan fingerprint density at radius 1 is 1.17 bits per heavy atom. The predicted octanol–water partition coefficient (Wildman–Crippen LogP) is 2.30. The fraction of sp³-hybridized carbons (Fsp3) is 0.857. The molecule has 140 valence electrons. The maximum atomic E-state index is 12.2. The van der Waals surface area contributed by atoms with Crippen molar-refractivity contribution in [1.82, 2.24) is 9.80 Å². The molecule has 0 unspecified atom stereocenters. The highest BCUT2D eigenvalue weighted by Gasteiger charge is 2.35. The van der Waals surface area contributed by atoms with Crippen LogP contribution in [-0.2, 0) is 18.6 Å². The van der Waals surface area contributed by atoms with Gasteiger partial charge < -0.3 is 9.64 Å². The van der Waals surface area contributed by atoms with Crippen molar-refractivity contribution in [2.24, 2.45) is 0 Å². The number of nitrogens with zero attached hydrogens (tertiary/aromatic N) is 2. The first-order chi connectivity index (χ1) is 11.0. The Kier molecular flexibility index (Phi) is 8.17. The van der Waals surface area contributed by atoms with Crippen molar-refractivity contribution in [3.8, 4) is 0 Å².